The van der Waals surface area contributed by atoms with E-state index in [1.807, 2.05) is 4.90 Å². The molecule has 0 bridgehead atoms. The molecule has 1 N–H and O–H groups in total. The number of aliphatic carboxylic acids is 1. The molecule has 1 unspecified atom stereocenters. The quantitative estimate of drug-likeness (QED) is 0.845. The summed E-state index contributed by atoms with van der Waals surface area (Å²) in [6.45, 7) is 6.14. The number of carbonyl (C=O) groups is 2. The second kappa shape index (κ2) is 6.77. The third-order valence-corrected chi connectivity index (χ3v) is 4.98. The van der Waals surface area contributed by atoms with Crippen LogP contribution < -0.4 is 0 Å². The molecule has 1 saturated heterocycles. The monoisotopic (exact) mass is 297 g/mol. The summed E-state index contributed by atoms with van der Waals surface area (Å²) < 4.78 is 5.57. The fourth-order valence-corrected chi connectivity index (χ4v) is 3.56. The summed E-state index contributed by atoms with van der Waals surface area (Å²) in [5.41, 5.74) is 0.131. The van der Waals surface area contributed by atoms with E-state index in [9.17, 15) is 9.59 Å². The number of carboxylic acid groups (broad SMARTS) is 1. The van der Waals surface area contributed by atoms with Crippen molar-refractivity contribution in [2.24, 2.45) is 11.3 Å². The zero-order chi connectivity index (χ0) is 15.5. The number of nitrogens with zero attached hydrogens (tertiary/aromatic N) is 1. The summed E-state index contributed by atoms with van der Waals surface area (Å²) in [5.74, 6) is -0.352. The van der Waals surface area contributed by atoms with Crippen LogP contribution in [0.15, 0.2) is 0 Å². The summed E-state index contributed by atoms with van der Waals surface area (Å²) in [7, 11) is 0. The van der Waals surface area contributed by atoms with Gasteiger partial charge in [-0.1, -0.05) is 20.3 Å². The van der Waals surface area contributed by atoms with Gasteiger partial charge in [-0.15, -0.1) is 0 Å². The molecule has 2 fully saturated rings. The topological polar surface area (TPSA) is 66.8 Å². The number of piperidine rings is 1. The van der Waals surface area contributed by atoms with Gasteiger partial charge in [-0.25, -0.2) is 0 Å². The van der Waals surface area contributed by atoms with Gasteiger partial charge in [0.25, 0.3) is 0 Å². The molecular formula is C16H27NO4. The van der Waals surface area contributed by atoms with Gasteiger partial charge >= 0.3 is 5.97 Å². The minimum absolute atomic E-state index is 0.0510. The third kappa shape index (κ3) is 4.19. The van der Waals surface area contributed by atoms with Gasteiger partial charge < -0.3 is 14.7 Å². The maximum Gasteiger partial charge on any atom is 0.305 e. The Labute approximate surface area is 126 Å². The van der Waals surface area contributed by atoms with Gasteiger partial charge in [0.15, 0.2) is 0 Å². The van der Waals surface area contributed by atoms with Crippen molar-refractivity contribution in [2.45, 2.75) is 58.5 Å². The van der Waals surface area contributed by atoms with Crippen LogP contribution in [-0.2, 0) is 14.3 Å². The van der Waals surface area contributed by atoms with Gasteiger partial charge in [0.1, 0.15) is 0 Å². The van der Waals surface area contributed by atoms with Crippen molar-refractivity contribution in [3.05, 3.63) is 0 Å². The highest BCUT2D eigenvalue weighted by Gasteiger charge is 2.41. The van der Waals surface area contributed by atoms with Crippen LogP contribution in [0.4, 0.5) is 0 Å². The van der Waals surface area contributed by atoms with Crippen molar-refractivity contribution >= 4 is 11.9 Å². The predicted molar refractivity (Wildman–Crippen MR) is 78.9 cm³/mol. The Morgan fingerprint density at radius 3 is 2.43 bits per heavy atom. The van der Waals surface area contributed by atoms with Gasteiger partial charge in [0.05, 0.1) is 19.1 Å². The van der Waals surface area contributed by atoms with E-state index in [1.54, 1.807) is 0 Å². The van der Waals surface area contributed by atoms with Crippen LogP contribution in [0.3, 0.4) is 0 Å². The van der Waals surface area contributed by atoms with Crippen molar-refractivity contribution in [3.8, 4) is 0 Å². The van der Waals surface area contributed by atoms with Crippen LogP contribution in [0, 0.1) is 11.3 Å². The first kappa shape index (κ1) is 16.3. The molecule has 0 aromatic rings. The third-order valence-electron chi connectivity index (χ3n) is 4.98. The van der Waals surface area contributed by atoms with Crippen molar-refractivity contribution in [3.63, 3.8) is 0 Å². The van der Waals surface area contributed by atoms with Gasteiger partial charge in [0.2, 0.25) is 5.91 Å². The van der Waals surface area contributed by atoms with Gasteiger partial charge in [0, 0.05) is 19.0 Å². The number of carbonyl (C=O) groups excluding carboxylic acids is 1. The number of rotatable bonds is 5. The van der Waals surface area contributed by atoms with Crippen molar-refractivity contribution in [1.29, 1.82) is 0 Å². The summed E-state index contributed by atoms with van der Waals surface area (Å²) in [6.07, 6.45) is 5.09. The first-order valence-electron chi connectivity index (χ1n) is 8.02. The lowest BCUT2D eigenvalue weighted by Crippen LogP contribution is -2.45. The zero-order valence-corrected chi connectivity index (χ0v) is 13.1. The molecule has 1 heterocycles. The van der Waals surface area contributed by atoms with Crippen LogP contribution in [0.25, 0.3) is 0 Å². The van der Waals surface area contributed by atoms with Gasteiger partial charge in [-0.05, 0) is 31.1 Å². The molecule has 5 nitrogen and oxygen atoms in total. The fourth-order valence-electron chi connectivity index (χ4n) is 3.56. The minimum Gasteiger partial charge on any atom is -0.481 e. The maximum atomic E-state index is 12.6. The molecule has 2 aliphatic rings. The van der Waals surface area contributed by atoms with Gasteiger partial charge in [-0.2, -0.15) is 0 Å². The average molecular weight is 297 g/mol. The smallest absolute Gasteiger partial charge is 0.305 e. The summed E-state index contributed by atoms with van der Waals surface area (Å²) >= 11 is 0. The van der Waals surface area contributed by atoms with Crippen LogP contribution >= 0.6 is 0 Å². The van der Waals surface area contributed by atoms with E-state index in [-0.39, 0.29) is 30.5 Å². The molecule has 1 aliphatic carbocycles. The number of ether oxygens (including phenoxy) is 1. The fraction of sp³-hybridized carbons (Fsp3) is 0.875. The number of amides is 1. The molecule has 5 heteroatoms. The molecule has 1 atom stereocenters. The van der Waals surface area contributed by atoms with Crippen LogP contribution in [0.2, 0.25) is 0 Å². The molecule has 2 rings (SSSR count). The summed E-state index contributed by atoms with van der Waals surface area (Å²) in [6, 6.07) is 0. The number of likely N-dealkylation sites (tertiary alicyclic amines) is 1. The standard InChI is InChI=1S/C16H27NO4/c1-16(2)8-3-4-13(16)15(20)17-9-5-12(6-10-17)21-11-7-14(18)19/h12-13H,3-11H2,1-2H3,(H,18,19). The molecule has 1 aliphatic heterocycles. The van der Waals surface area contributed by atoms with Gasteiger partial charge in [-0.3, -0.25) is 9.59 Å². The summed E-state index contributed by atoms with van der Waals surface area (Å²) in [4.78, 5) is 25.1. The molecule has 1 amide bonds. The Bertz CT molecular complexity index is 386. The Morgan fingerprint density at radius 1 is 1.24 bits per heavy atom. The number of hydrogen-bond donors (Lipinski definition) is 1. The van der Waals surface area contributed by atoms with Crippen molar-refractivity contribution in [2.75, 3.05) is 19.7 Å². The largest absolute Gasteiger partial charge is 0.481 e. The Hall–Kier alpha value is -1.10. The molecular weight excluding hydrogens is 270 g/mol. The molecule has 1 saturated carbocycles. The van der Waals surface area contributed by atoms with Crippen molar-refractivity contribution in [1.82, 2.24) is 4.90 Å². The van der Waals surface area contributed by atoms with E-state index in [0.29, 0.717) is 5.91 Å². The molecule has 21 heavy (non-hydrogen) atoms. The summed E-state index contributed by atoms with van der Waals surface area (Å²) in [5, 5.41) is 8.60. The lowest BCUT2D eigenvalue weighted by Gasteiger charge is -2.36. The highest BCUT2D eigenvalue weighted by atomic mass is 16.5. The van der Waals surface area contributed by atoms with E-state index in [0.717, 1.165) is 45.2 Å². The lowest BCUT2D eigenvalue weighted by atomic mass is 9.81. The lowest BCUT2D eigenvalue weighted by molar-refractivity contribution is -0.141. The van der Waals surface area contributed by atoms with E-state index in [1.165, 1.54) is 0 Å². The normalized spacial score (nSPS) is 26.0. The Balaban J connectivity index is 1.76. The molecule has 0 aromatic heterocycles. The second-order valence-electron chi connectivity index (χ2n) is 6.97. The predicted octanol–water partition coefficient (Wildman–Crippen LogP) is 2.30. The number of hydrogen-bond acceptors (Lipinski definition) is 3. The zero-order valence-electron chi connectivity index (χ0n) is 13.1. The second-order valence-corrected chi connectivity index (χ2v) is 6.97. The maximum absolute atomic E-state index is 12.6. The first-order valence-corrected chi connectivity index (χ1v) is 8.02. The van der Waals surface area contributed by atoms with Crippen LogP contribution in [-0.4, -0.2) is 47.7 Å². The minimum atomic E-state index is -0.828. The molecule has 0 aromatic carbocycles. The SMILES string of the molecule is CC1(C)CCCC1C(=O)N1CCC(OCCC(=O)O)CC1. The highest BCUT2D eigenvalue weighted by molar-refractivity contribution is 5.80. The Kier molecular flexibility index (Phi) is 5.25. The molecule has 0 spiro atoms. The van der Waals surface area contributed by atoms with E-state index in [4.69, 9.17) is 9.84 Å². The van der Waals surface area contributed by atoms with Crippen LogP contribution in [0.5, 0.6) is 0 Å². The number of carboxylic acids is 1. The van der Waals surface area contributed by atoms with Crippen molar-refractivity contribution < 1.29 is 19.4 Å². The molecule has 0 radical (unpaired) electrons. The van der Waals surface area contributed by atoms with E-state index in [2.05, 4.69) is 13.8 Å². The van der Waals surface area contributed by atoms with E-state index >= 15 is 0 Å². The average Bonchev–Trinajstić information content (AvgIpc) is 2.78. The van der Waals surface area contributed by atoms with Crippen LogP contribution in [0.1, 0.15) is 52.4 Å². The Morgan fingerprint density at radius 2 is 1.90 bits per heavy atom. The highest BCUT2D eigenvalue weighted by Crippen LogP contribution is 2.43. The van der Waals surface area contributed by atoms with E-state index < -0.39 is 5.97 Å². The molecule has 120 valence electrons. The first-order chi connectivity index (χ1) is 9.90.